The number of nitrogens with zero attached hydrogens (tertiary/aromatic N) is 2. The summed E-state index contributed by atoms with van der Waals surface area (Å²) in [6.45, 7) is 2.06. The van der Waals surface area contributed by atoms with Crippen LogP contribution in [0, 0.1) is 0 Å². The van der Waals surface area contributed by atoms with Crippen molar-refractivity contribution in [2.45, 2.75) is 24.3 Å². The number of rotatable bonds is 0. The van der Waals surface area contributed by atoms with Gasteiger partial charge in [-0.15, -0.1) is 0 Å². The van der Waals surface area contributed by atoms with E-state index in [1.165, 1.54) is 10.6 Å². The second kappa shape index (κ2) is 3.10. The van der Waals surface area contributed by atoms with Gasteiger partial charge in [0.1, 0.15) is 0 Å². The first-order valence-electron chi connectivity index (χ1n) is 4.93. The SMILES string of the molecule is CC1CC(=O)N=C2Sc3ccccc3N21. The Morgan fingerprint density at radius 1 is 1.47 bits per heavy atom. The van der Waals surface area contributed by atoms with Crippen molar-refractivity contribution in [2.75, 3.05) is 4.90 Å². The van der Waals surface area contributed by atoms with Crippen LogP contribution in [0.25, 0.3) is 0 Å². The second-order valence-corrected chi connectivity index (χ2v) is 4.79. The molecule has 0 saturated heterocycles. The van der Waals surface area contributed by atoms with E-state index in [9.17, 15) is 4.79 Å². The average Bonchev–Trinajstić information content (AvgIpc) is 2.54. The minimum atomic E-state index is -0.00550. The van der Waals surface area contributed by atoms with E-state index >= 15 is 0 Å². The number of hydrogen-bond acceptors (Lipinski definition) is 3. The standard InChI is InChI=1S/C11H10N2OS/c1-7-6-10(14)12-11-13(7)8-4-2-3-5-9(8)15-11/h2-5,7H,6H2,1H3. The van der Waals surface area contributed by atoms with E-state index in [2.05, 4.69) is 28.9 Å². The molecule has 2 heterocycles. The predicted molar refractivity (Wildman–Crippen MR) is 61.3 cm³/mol. The molecule has 0 aliphatic carbocycles. The topological polar surface area (TPSA) is 32.7 Å². The van der Waals surface area contributed by atoms with Crippen molar-refractivity contribution < 1.29 is 4.79 Å². The molecule has 76 valence electrons. The number of anilines is 1. The van der Waals surface area contributed by atoms with Crippen LogP contribution in [0.2, 0.25) is 0 Å². The van der Waals surface area contributed by atoms with Gasteiger partial charge in [0.25, 0.3) is 0 Å². The van der Waals surface area contributed by atoms with Crippen molar-refractivity contribution in [1.29, 1.82) is 0 Å². The summed E-state index contributed by atoms with van der Waals surface area (Å²) in [7, 11) is 0. The first kappa shape index (κ1) is 8.97. The third-order valence-electron chi connectivity index (χ3n) is 2.66. The van der Waals surface area contributed by atoms with Gasteiger partial charge in [-0.1, -0.05) is 12.1 Å². The van der Waals surface area contributed by atoms with Crippen LogP contribution >= 0.6 is 11.8 Å². The summed E-state index contributed by atoms with van der Waals surface area (Å²) in [5.74, 6) is -0.00550. The number of hydrogen-bond donors (Lipinski definition) is 0. The molecule has 1 aromatic rings. The lowest BCUT2D eigenvalue weighted by Crippen LogP contribution is -2.39. The first-order chi connectivity index (χ1) is 7.25. The van der Waals surface area contributed by atoms with E-state index in [4.69, 9.17) is 0 Å². The summed E-state index contributed by atoms with van der Waals surface area (Å²) in [6.07, 6.45) is 0.512. The van der Waals surface area contributed by atoms with Crippen molar-refractivity contribution >= 4 is 28.5 Å². The maximum Gasteiger partial charge on any atom is 0.250 e. The first-order valence-corrected chi connectivity index (χ1v) is 5.75. The fourth-order valence-corrected chi connectivity index (χ4v) is 3.13. The zero-order valence-corrected chi connectivity index (χ0v) is 9.12. The van der Waals surface area contributed by atoms with Gasteiger partial charge in [0.05, 0.1) is 5.69 Å². The van der Waals surface area contributed by atoms with Crippen molar-refractivity contribution in [3.8, 4) is 0 Å². The van der Waals surface area contributed by atoms with Gasteiger partial charge in [0.15, 0.2) is 5.17 Å². The molecule has 4 heteroatoms. The molecule has 0 N–H and O–H groups in total. The largest absolute Gasteiger partial charge is 0.316 e. The van der Waals surface area contributed by atoms with E-state index in [1.54, 1.807) is 11.8 Å². The van der Waals surface area contributed by atoms with Gasteiger partial charge in [-0.3, -0.25) is 4.79 Å². The van der Waals surface area contributed by atoms with Crippen LogP contribution in [0.5, 0.6) is 0 Å². The summed E-state index contributed by atoms with van der Waals surface area (Å²) in [6, 6.07) is 8.40. The molecule has 2 aliphatic rings. The number of amidine groups is 1. The monoisotopic (exact) mass is 218 g/mol. The summed E-state index contributed by atoms with van der Waals surface area (Å²) >= 11 is 1.58. The van der Waals surface area contributed by atoms with Crippen LogP contribution in [-0.2, 0) is 4.79 Å². The van der Waals surface area contributed by atoms with E-state index in [0.29, 0.717) is 6.42 Å². The Morgan fingerprint density at radius 2 is 2.27 bits per heavy atom. The fourth-order valence-electron chi connectivity index (χ4n) is 1.99. The number of para-hydroxylation sites is 1. The molecule has 3 nitrogen and oxygen atoms in total. The molecule has 1 atom stereocenters. The summed E-state index contributed by atoms with van der Waals surface area (Å²) in [5.41, 5.74) is 1.18. The highest BCUT2D eigenvalue weighted by Gasteiger charge is 2.34. The van der Waals surface area contributed by atoms with E-state index < -0.39 is 0 Å². The van der Waals surface area contributed by atoms with Crippen LogP contribution < -0.4 is 4.90 Å². The average molecular weight is 218 g/mol. The summed E-state index contributed by atoms with van der Waals surface area (Å²) in [4.78, 5) is 18.8. The maximum atomic E-state index is 11.3. The Hall–Kier alpha value is -1.29. The van der Waals surface area contributed by atoms with Crippen molar-refractivity contribution in [3.63, 3.8) is 0 Å². The minimum Gasteiger partial charge on any atom is -0.316 e. The molecule has 0 radical (unpaired) electrons. The molecule has 1 unspecified atom stereocenters. The smallest absolute Gasteiger partial charge is 0.250 e. The minimum absolute atomic E-state index is 0.00550. The highest BCUT2D eigenvalue weighted by atomic mass is 32.2. The molecule has 0 saturated carbocycles. The van der Waals surface area contributed by atoms with Crippen molar-refractivity contribution in [1.82, 2.24) is 0 Å². The second-order valence-electron chi connectivity index (χ2n) is 3.78. The van der Waals surface area contributed by atoms with Gasteiger partial charge in [0.2, 0.25) is 5.91 Å². The van der Waals surface area contributed by atoms with Crippen LogP contribution in [0.4, 0.5) is 5.69 Å². The predicted octanol–water partition coefficient (Wildman–Crippen LogP) is 2.27. The lowest BCUT2D eigenvalue weighted by molar-refractivity contribution is -0.118. The van der Waals surface area contributed by atoms with E-state index in [1.807, 2.05) is 12.1 Å². The zero-order chi connectivity index (χ0) is 10.4. The van der Waals surface area contributed by atoms with Crippen LogP contribution in [0.3, 0.4) is 0 Å². The number of benzene rings is 1. The Kier molecular flexibility index (Phi) is 1.85. The maximum absolute atomic E-state index is 11.3. The van der Waals surface area contributed by atoms with Crippen molar-refractivity contribution in [2.24, 2.45) is 4.99 Å². The van der Waals surface area contributed by atoms with Gasteiger partial charge in [0, 0.05) is 17.4 Å². The Balaban J connectivity index is 2.14. The molecule has 0 spiro atoms. The lowest BCUT2D eigenvalue weighted by Gasteiger charge is -2.28. The quantitative estimate of drug-likeness (QED) is 0.669. The number of fused-ring (bicyclic) bond motifs is 3. The molecule has 0 aromatic heterocycles. The number of aliphatic imine (C=N–C) groups is 1. The molecule has 2 aliphatic heterocycles. The van der Waals surface area contributed by atoms with Gasteiger partial charge < -0.3 is 4.90 Å². The van der Waals surface area contributed by atoms with Gasteiger partial charge in [-0.2, -0.15) is 4.99 Å². The molecular weight excluding hydrogens is 208 g/mol. The molecule has 3 rings (SSSR count). The Morgan fingerprint density at radius 3 is 3.13 bits per heavy atom. The number of carbonyl (C=O) groups excluding carboxylic acids is 1. The van der Waals surface area contributed by atoms with Gasteiger partial charge in [-0.05, 0) is 30.8 Å². The fraction of sp³-hybridized carbons (Fsp3) is 0.273. The summed E-state index contributed by atoms with van der Waals surface area (Å²) < 4.78 is 0. The number of carbonyl (C=O) groups is 1. The van der Waals surface area contributed by atoms with Crippen LogP contribution in [0.15, 0.2) is 34.2 Å². The highest BCUT2D eigenvalue weighted by molar-refractivity contribution is 8.14. The van der Waals surface area contributed by atoms with E-state index in [-0.39, 0.29) is 11.9 Å². The normalized spacial score (nSPS) is 23.5. The van der Waals surface area contributed by atoms with Gasteiger partial charge >= 0.3 is 0 Å². The molecule has 1 aromatic carbocycles. The molecule has 0 bridgehead atoms. The highest BCUT2D eigenvalue weighted by Crippen LogP contribution is 2.42. The van der Waals surface area contributed by atoms with E-state index in [0.717, 1.165) is 5.17 Å². The third kappa shape index (κ3) is 1.28. The molecule has 15 heavy (non-hydrogen) atoms. The number of amides is 1. The van der Waals surface area contributed by atoms with Crippen LogP contribution in [-0.4, -0.2) is 17.1 Å². The molecular formula is C11H10N2OS. The number of thioether (sulfide) groups is 1. The van der Waals surface area contributed by atoms with Crippen LogP contribution in [0.1, 0.15) is 13.3 Å². The molecule has 0 fully saturated rings. The Bertz CT molecular complexity index is 469. The van der Waals surface area contributed by atoms with Gasteiger partial charge in [-0.25, -0.2) is 0 Å². The Labute approximate surface area is 92.2 Å². The molecule has 1 amide bonds. The lowest BCUT2D eigenvalue weighted by atomic mass is 10.1. The summed E-state index contributed by atoms with van der Waals surface area (Å²) in [5, 5.41) is 0.833. The zero-order valence-electron chi connectivity index (χ0n) is 8.30. The van der Waals surface area contributed by atoms with Crippen molar-refractivity contribution in [3.05, 3.63) is 24.3 Å². The third-order valence-corrected chi connectivity index (χ3v) is 3.70.